The van der Waals surface area contributed by atoms with E-state index < -0.39 is 0 Å². The van der Waals surface area contributed by atoms with Gasteiger partial charge in [0, 0.05) is 16.5 Å². The Morgan fingerprint density at radius 2 is 1.95 bits per heavy atom. The molecule has 19 heavy (non-hydrogen) atoms. The van der Waals surface area contributed by atoms with E-state index in [1.165, 1.54) is 19.3 Å². The lowest BCUT2D eigenvalue weighted by Gasteiger charge is -2.09. The van der Waals surface area contributed by atoms with Crippen LogP contribution < -0.4 is 0 Å². The van der Waals surface area contributed by atoms with Gasteiger partial charge in [-0.3, -0.25) is 0 Å². The minimum atomic E-state index is 0.498. The van der Waals surface area contributed by atoms with Crippen LogP contribution in [0.3, 0.4) is 0 Å². The van der Waals surface area contributed by atoms with E-state index in [0.29, 0.717) is 5.92 Å². The zero-order valence-electron chi connectivity index (χ0n) is 11.5. The van der Waals surface area contributed by atoms with Crippen LogP contribution in [0, 0.1) is 0 Å². The van der Waals surface area contributed by atoms with Crippen LogP contribution in [0.15, 0.2) is 40.8 Å². The molecule has 0 aliphatic rings. The average Bonchev–Trinajstić information content (AvgIpc) is 2.82. The van der Waals surface area contributed by atoms with E-state index >= 15 is 0 Å². The number of hydrogen-bond donors (Lipinski definition) is 0. The van der Waals surface area contributed by atoms with Crippen molar-refractivity contribution in [2.75, 3.05) is 0 Å². The van der Waals surface area contributed by atoms with Crippen LogP contribution in [0.4, 0.5) is 0 Å². The molecule has 0 bridgehead atoms. The quantitative estimate of drug-likeness (QED) is 0.632. The Labute approximate surface area is 113 Å². The maximum absolute atomic E-state index is 5.84. The molecule has 0 saturated heterocycles. The van der Waals surface area contributed by atoms with Gasteiger partial charge in [-0.1, -0.05) is 44.9 Å². The molecule has 0 fully saturated rings. The lowest BCUT2D eigenvalue weighted by molar-refractivity contribution is 0.602. The van der Waals surface area contributed by atoms with E-state index in [2.05, 4.69) is 32.0 Å². The highest BCUT2D eigenvalue weighted by atomic mass is 16.3. The van der Waals surface area contributed by atoms with Crippen LogP contribution in [-0.2, 0) is 0 Å². The van der Waals surface area contributed by atoms with Gasteiger partial charge in [0.2, 0.25) is 5.71 Å². The summed E-state index contributed by atoms with van der Waals surface area (Å²) in [7, 11) is 0. The number of aromatic nitrogens is 1. The second-order valence-electron chi connectivity index (χ2n) is 5.23. The highest BCUT2D eigenvalue weighted by Gasteiger charge is 2.11. The Morgan fingerprint density at radius 1 is 1.11 bits per heavy atom. The summed E-state index contributed by atoms with van der Waals surface area (Å²) in [4.78, 5) is 4.70. The van der Waals surface area contributed by atoms with Crippen LogP contribution in [-0.4, -0.2) is 4.98 Å². The zero-order valence-corrected chi connectivity index (χ0v) is 11.5. The Kier molecular flexibility index (Phi) is 3.24. The Balaban J connectivity index is 2.03. The molecular formula is C17H19NO. The zero-order chi connectivity index (χ0) is 13.2. The molecule has 0 aliphatic carbocycles. The van der Waals surface area contributed by atoms with E-state index in [0.717, 1.165) is 27.8 Å². The smallest absolute Gasteiger partial charge is 0.227 e. The molecule has 0 saturated carbocycles. The Morgan fingerprint density at radius 3 is 2.79 bits per heavy atom. The SMILES string of the molecule is CCCC[C@H](C)c1ccc2c(n1)oc1ccccc12. The molecule has 0 unspecified atom stereocenters. The maximum Gasteiger partial charge on any atom is 0.227 e. The number of rotatable bonds is 4. The predicted molar refractivity (Wildman–Crippen MR) is 79.5 cm³/mol. The van der Waals surface area contributed by atoms with Crippen molar-refractivity contribution in [2.24, 2.45) is 0 Å². The maximum atomic E-state index is 5.84. The fourth-order valence-corrected chi connectivity index (χ4v) is 2.55. The first-order chi connectivity index (χ1) is 9.29. The van der Waals surface area contributed by atoms with Gasteiger partial charge in [0.1, 0.15) is 5.58 Å². The van der Waals surface area contributed by atoms with Crippen molar-refractivity contribution in [3.8, 4) is 0 Å². The summed E-state index contributed by atoms with van der Waals surface area (Å²) < 4.78 is 5.84. The van der Waals surface area contributed by atoms with Crippen molar-refractivity contribution in [1.29, 1.82) is 0 Å². The first-order valence-electron chi connectivity index (χ1n) is 7.07. The third kappa shape index (κ3) is 2.23. The van der Waals surface area contributed by atoms with Crippen molar-refractivity contribution < 1.29 is 4.42 Å². The van der Waals surface area contributed by atoms with Gasteiger partial charge < -0.3 is 4.42 Å². The number of benzene rings is 1. The van der Waals surface area contributed by atoms with Crippen molar-refractivity contribution in [3.63, 3.8) is 0 Å². The van der Waals surface area contributed by atoms with Gasteiger partial charge in [-0.15, -0.1) is 0 Å². The summed E-state index contributed by atoms with van der Waals surface area (Å²) in [5.41, 5.74) is 2.82. The van der Waals surface area contributed by atoms with Crippen molar-refractivity contribution in [3.05, 3.63) is 42.1 Å². The van der Waals surface area contributed by atoms with Gasteiger partial charge in [0.05, 0.1) is 0 Å². The van der Waals surface area contributed by atoms with Crippen molar-refractivity contribution in [2.45, 2.75) is 39.0 Å². The second kappa shape index (κ2) is 5.04. The van der Waals surface area contributed by atoms with Crippen molar-refractivity contribution in [1.82, 2.24) is 4.98 Å². The minimum absolute atomic E-state index is 0.498. The molecule has 0 spiro atoms. The molecule has 2 heterocycles. The van der Waals surface area contributed by atoms with Crippen LogP contribution >= 0.6 is 0 Å². The third-order valence-electron chi connectivity index (χ3n) is 3.76. The Bertz CT molecular complexity index is 699. The summed E-state index contributed by atoms with van der Waals surface area (Å²) in [6, 6.07) is 12.4. The molecule has 3 aromatic rings. The van der Waals surface area contributed by atoms with Crippen LogP contribution in [0.2, 0.25) is 0 Å². The van der Waals surface area contributed by atoms with E-state index in [1.54, 1.807) is 0 Å². The second-order valence-corrected chi connectivity index (χ2v) is 5.23. The van der Waals surface area contributed by atoms with Gasteiger partial charge in [-0.05, 0) is 30.5 Å². The monoisotopic (exact) mass is 253 g/mol. The predicted octanol–water partition coefficient (Wildman–Crippen LogP) is 5.27. The number of fused-ring (bicyclic) bond motifs is 3. The van der Waals surface area contributed by atoms with E-state index in [-0.39, 0.29) is 0 Å². The number of para-hydroxylation sites is 1. The first-order valence-corrected chi connectivity index (χ1v) is 7.07. The molecule has 2 aromatic heterocycles. The molecular weight excluding hydrogens is 234 g/mol. The molecule has 0 amide bonds. The molecule has 1 aromatic carbocycles. The first kappa shape index (κ1) is 12.2. The normalized spacial score (nSPS) is 13.2. The van der Waals surface area contributed by atoms with Crippen LogP contribution in [0.5, 0.6) is 0 Å². The van der Waals surface area contributed by atoms with Gasteiger partial charge in [0.15, 0.2) is 0 Å². The van der Waals surface area contributed by atoms with E-state index in [4.69, 9.17) is 9.40 Å². The molecule has 98 valence electrons. The molecule has 2 heteroatoms. The number of pyridine rings is 1. The molecule has 0 aliphatic heterocycles. The standard InChI is InChI=1S/C17H19NO/c1-3-4-7-12(2)15-11-10-14-13-8-5-6-9-16(13)19-17(14)18-15/h5-6,8-12H,3-4,7H2,1-2H3/t12-/m0/s1. The van der Waals surface area contributed by atoms with Crippen molar-refractivity contribution >= 4 is 22.1 Å². The fourth-order valence-electron chi connectivity index (χ4n) is 2.55. The van der Waals surface area contributed by atoms with Crippen LogP contribution in [0.25, 0.3) is 22.1 Å². The Hall–Kier alpha value is -1.83. The summed E-state index contributed by atoms with van der Waals surface area (Å²) >= 11 is 0. The fraction of sp³-hybridized carbons (Fsp3) is 0.353. The lowest BCUT2D eigenvalue weighted by atomic mass is 10.00. The van der Waals surface area contributed by atoms with E-state index in [9.17, 15) is 0 Å². The minimum Gasteiger partial charge on any atom is -0.438 e. The summed E-state index contributed by atoms with van der Waals surface area (Å²) in [5, 5.41) is 2.26. The van der Waals surface area contributed by atoms with E-state index in [1.807, 2.05) is 18.2 Å². The van der Waals surface area contributed by atoms with Gasteiger partial charge in [-0.25, -0.2) is 4.98 Å². The number of unbranched alkanes of at least 4 members (excludes halogenated alkanes) is 1. The average molecular weight is 253 g/mol. The summed E-state index contributed by atoms with van der Waals surface area (Å²) in [6.07, 6.45) is 3.67. The van der Waals surface area contributed by atoms with Gasteiger partial charge >= 0.3 is 0 Å². The van der Waals surface area contributed by atoms with Gasteiger partial charge in [0.25, 0.3) is 0 Å². The summed E-state index contributed by atoms with van der Waals surface area (Å²) in [6.45, 7) is 4.47. The van der Waals surface area contributed by atoms with Gasteiger partial charge in [-0.2, -0.15) is 0 Å². The largest absolute Gasteiger partial charge is 0.438 e. The summed E-state index contributed by atoms with van der Waals surface area (Å²) in [5.74, 6) is 0.498. The molecule has 0 N–H and O–H groups in total. The molecule has 0 radical (unpaired) electrons. The number of nitrogens with zero attached hydrogens (tertiary/aromatic N) is 1. The highest BCUT2D eigenvalue weighted by Crippen LogP contribution is 2.29. The highest BCUT2D eigenvalue weighted by molar-refractivity contribution is 6.03. The molecule has 2 nitrogen and oxygen atoms in total. The lowest BCUT2D eigenvalue weighted by Crippen LogP contribution is -1.96. The third-order valence-corrected chi connectivity index (χ3v) is 3.76. The number of furan rings is 1. The topological polar surface area (TPSA) is 26.0 Å². The number of hydrogen-bond acceptors (Lipinski definition) is 2. The van der Waals surface area contributed by atoms with Crippen LogP contribution in [0.1, 0.15) is 44.7 Å². The molecule has 1 atom stereocenters. The molecule has 3 rings (SSSR count).